The highest BCUT2D eigenvalue weighted by atomic mass is 32.2. The first-order chi connectivity index (χ1) is 17.9. The van der Waals surface area contributed by atoms with Gasteiger partial charge in [0.15, 0.2) is 28.3 Å². The minimum Gasteiger partial charge on any atom is -0.493 e. The van der Waals surface area contributed by atoms with Crippen molar-refractivity contribution in [3.05, 3.63) is 66.0 Å². The molecule has 2 aromatic carbocycles. The lowest BCUT2D eigenvalue weighted by Gasteiger charge is -2.32. The SMILES string of the molecule is COc1ccc(-c2cnc(SCC(=O)NCC3CCCN(Cc4ccc(F)c(F)c4)C3)nc2)cc1OC. The summed E-state index contributed by atoms with van der Waals surface area (Å²) >= 11 is 1.28. The number of thioether (sulfide) groups is 1. The first kappa shape index (κ1) is 26.8. The molecule has 0 saturated carbocycles. The molecule has 1 aromatic heterocycles. The van der Waals surface area contributed by atoms with Crippen molar-refractivity contribution in [1.82, 2.24) is 20.2 Å². The third kappa shape index (κ3) is 7.39. The highest BCUT2D eigenvalue weighted by Crippen LogP contribution is 2.32. The molecule has 0 aliphatic carbocycles. The number of piperidine rings is 1. The van der Waals surface area contributed by atoms with Crippen molar-refractivity contribution >= 4 is 17.7 Å². The normalized spacial score (nSPS) is 15.8. The lowest BCUT2D eigenvalue weighted by Crippen LogP contribution is -2.41. The molecule has 4 rings (SSSR count). The second kappa shape index (κ2) is 12.8. The molecule has 0 bridgehead atoms. The van der Waals surface area contributed by atoms with Crippen LogP contribution in [0.3, 0.4) is 0 Å². The molecule has 1 atom stereocenters. The summed E-state index contributed by atoms with van der Waals surface area (Å²) in [5.74, 6) is 0.0759. The van der Waals surface area contributed by atoms with E-state index in [0.29, 0.717) is 35.7 Å². The van der Waals surface area contributed by atoms with Gasteiger partial charge in [0.05, 0.1) is 20.0 Å². The second-order valence-corrected chi connectivity index (χ2v) is 9.85. The zero-order valence-corrected chi connectivity index (χ0v) is 21.7. The van der Waals surface area contributed by atoms with Gasteiger partial charge in [-0.2, -0.15) is 0 Å². The number of carbonyl (C=O) groups excluding carboxylic acids is 1. The Balaban J connectivity index is 1.22. The quantitative estimate of drug-likeness (QED) is 0.305. The molecule has 1 aliphatic heterocycles. The van der Waals surface area contributed by atoms with Gasteiger partial charge in [-0.25, -0.2) is 18.7 Å². The maximum atomic E-state index is 13.5. The Bertz CT molecular complexity index is 1210. The van der Waals surface area contributed by atoms with Gasteiger partial charge in [0, 0.05) is 37.6 Å². The molecule has 1 fully saturated rings. The molecule has 0 spiro atoms. The van der Waals surface area contributed by atoms with Crippen LogP contribution in [-0.4, -0.2) is 60.4 Å². The maximum Gasteiger partial charge on any atom is 0.230 e. The summed E-state index contributed by atoms with van der Waals surface area (Å²) in [6.45, 7) is 2.84. The van der Waals surface area contributed by atoms with Gasteiger partial charge in [0.1, 0.15) is 0 Å². The standard InChI is InChI=1S/C27H30F2N4O3S/c1-35-24-8-6-20(11-25(24)36-2)21-13-31-27(32-14-21)37-17-26(34)30-12-19-4-3-9-33(16-19)15-18-5-7-22(28)23(29)10-18/h5-8,10-11,13-14,19H,3-4,9,12,15-17H2,1-2H3,(H,30,34). The van der Waals surface area contributed by atoms with E-state index in [2.05, 4.69) is 20.2 Å². The molecule has 1 amide bonds. The van der Waals surface area contributed by atoms with Crippen LogP contribution in [0.5, 0.6) is 11.5 Å². The average Bonchev–Trinajstić information content (AvgIpc) is 2.93. The zero-order valence-electron chi connectivity index (χ0n) is 20.9. The van der Waals surface area contributed by atoms with Gasteiger partial charge in [0.25, 0.3) is 0 Å². The number of benzene rings is 2. The Kier molecular flexibility index (Phi) is 9.29. The summed E-state index contributed by atoms with van der Waals surface area (Å²) < 4.78 is 37.3. The first-order valence-corrected chi connectivity index (χ1v) is 13.0. The summed E-state index contributed by atoms with van der Waals surface area (Å²) in [6, 6.07) is 9.63. The Morgan fingerprint density at radius 1 is 1.05 bits per heavy atom. The number of aromatic nitrogens is 2. The van der Waals surface area contributed by atoms with Crippen molar-refractivity contribution in [1.29, 1.82) is 0 Å². The van der Waals surface area contributed by atoms with Crippen LogP contribution in [0, 0.1) is 17.6 Å². The fourth-order valence-electron chi connectivity index (χ4n) is 4.35. The van der Waals surface area contributed by atoms with E-state index in [-0.39, 0.29) is 11.7 Å². The van der Waals surface area contributed by atoms with E-state index in [9.17, 15) is 13.6 Å². The summed E-state index contributed by atoms with van der Waals surface area (Å²) in [6.07, 6.45) is 5.46. The van der Waals surface area contributed by atoms with Gasteiger partial charge >= 0.3 is 0 Å². The van der Waals surface area contributed by atoms with Crippen LogP contribution in [0.2, 0.25) is 0 Å². The summed E-state index contributed by atoms with van der Waals surface area (Å²) in [5, 5.41) is 3.53. The molecule has 1 N–H and O–H groups in total. The number of ether oxygens (including phenoxy) is 2. The van der Waals surface area contributed by atoms with Crippen LogP contribution in [0.4, 0.5) is 8.78 Å². The molecular weight excluding hydrogens is 498 g/mol. The van der Waals surface area contributed by atoms with Crippen LogP contribution in [-0.2, 0) is 11.3 Å². The van der Waals surface area contributed by atoms with E-state index in [1.807, 2.05) is 18.2 Å². The van der Waals surface area contributed by atoms with E-state index < -0.39 is 11.6 Å². The van der Waals surface area contributed by atoms with E-state index in [4.69, 9.17) is 9.47 Å². The van der Waals surface area contributed by atoms with Crippen molar-refractivity contribution in [3.8, 4) is 22.6 Å². The Morgan fingerprint density at radius 2 is 1.84 bits per heavy atom. The van der Waals surface area contributed by atoms with Crippen molar-refractivity contribution in [2.75, 3.05) is 39.6 Å². The Labute approximate surface area is 219 Å². The lowest BCUT2D eigenvalue weighted by molar-refractivity contribution is -0.118. The minimum absolute atomic E-state index is 0.0738. The number of nitrogens with zero attached hydrogens (tertiary/aromatic N) is 3. The van der Waals surface area contributed by atoms with Crippen LogP contribution in [0.15, 0.2) is 53.9 Å². The van der Waals surface area contributed by atoms with Crippen LogP contribution in [0.25, 0.3) is 11.1 Å². The number of hydrogen-bond acceptors (Lipinski definition) is 7. The number of likely N-dealkylation sites (tertiary alicyclic amines) is 1. The highest BCUT2D eigenvalue weighted by Gasteiger charge is 2.21. The van der Waals surface area contributed by atoms with Crippen LogP contribution < -0.4 is 14.8 Å². The smallest absolute Gasteiger partial charge is 0.230 e. The molecule has 1 aliphatic rings. The van der Waals surface area contributed by atoms with Crippen molar-refractivity contribution in [3.63, 3.8) is 0 Å². The van der Waals surface area contributed by atoms with Crippen molar-refractivity contribution in [2.45, 2.75) is 24.5 Å². The predicted octanol–water partition coefficient (Wildman–Crippen LogP) is 4.56. The average molecular weight is 529 g/mol. The van der Waals surface area contributed by atoms with Gasteiger partial charge in [-0.1, -0.05) is 23.9 Å². The Morgan fingerprint density at radius 3 is 2.57 bits per heavy atom. The number of nitrogens with one attached hydrogen (secondary N) is 1. The van der Waals surface area contributed by atoms with Gasteiger partial charge in [0.2, 0.25) is 5.91 Å². The number of halogens is 2. The fourth-order valence-corrected chi connectivity index (χ4v) is 4.97. The number of rotatable bonds is 10. The third-order valence-electron chi connectivity index (χ3n) is 6.26. The Hall–Kier alpha value is -3.24. The molecule has 3 aromatic rings. The lowest BCUT2D eigenvalue weighted by atomic mass is 9.97. The summed E-state index contributed by atoms with van der Waals surface area (Å²) in [5.41, 5.74) is 2.48. The molecule has 37 heavy (non-hydrogen) atoms. The maximum absolute atomic E-state index is 13.5. The molecule has 1 unspecified atom stereocenters. The molecule has 0 radical (unpaired) electrons. The van der Waals surface area contributed by atoms with Crippen molar-refractivity contribution in [2.24, 2.45) is 5.92 Å². The highest BCUT2D eigenvalue weighted by molar-refractivity contribution is 7.99. The topological polar surface area (TPSA) is 76.6 Å². The van der Waals surface area contributed by atoms with Gasteiger partial charge in [-0.15, -0.1) is 0 Å². The molecular formula is C27H30F2N4O3S. The fraction of sp³-hybridized carbons (Fsp3) is 0.370. The zero-order chi connectivity index (χ0) is 26.2. The largest absolute Gasteiger partial charge is 0.493 e. The van der Waals surface area contributed by atoms with E-state index in [1.165, 1.54) is 17.8 Å². The summed E-state index contributed by atoms with van der Waals surface area (Å²) in [4.78, 5) is 23.4. The molecule has 2 heterocycles. The third-order valence-corrected chi connectivity index (χ3v) is 7.13. The number of hydrogen-bond donors (Lipinski definition) is 1. The number of carbonyl (C=O) groups is 1. The molecule has 7 nitrogen and oxygen atoms in total. The van der Waals surface area contributed by atoms with Gasteiger partial charge in [-0.05, 0) is 60.7 Å². The molecule has 10 heteroatoms. The van der Waals surface area contributed by atoms with Gasteiger partial charge in [-0.3, -0.25) is 9.69 Å². The van der Waals surface area contributed by atoms with Crippen LogP contribution in [0.1, 0.15) is 18.4 Å². The monoisotopic (exact) mass is 528 g/mol. The van der Waals surface area contributed by atoms with E-state index >= 15 is 0 Å². The van der Waals surface area contributed by atoms with Crippen molar-refractivity contribution < 1.29 is 23.0 Å². The molecule has 196 valence electrons. The predicted molar refractivity (Wildman–Crippen MR) is 139 cm³/mol. The van der Waals surface area contributed by atoms with Crippen LogP contribution >= 0.6 is 11.8 Å². The van der Waals surface area contributed by atoms with E-state index in [1.54, 1.807) is 32.7 Å². The van der Waals surface area contributed by atoms with Gasteiger partial charge < -0.3 is 14.8 Å². The molecule has 1 saturated heterocycles. The van der Waals surface area contributed by atoms with E-state index in [0.717, 1.165) is 48.7 Å². The first-order valence-electron chi connectivity index (χ1n) is 12.1. The second-order valence-electron chi connectivity index (χ2n) is 8.91. The number of methoxy groups -OCH3 is 2. The minimum atomic E-state index is -0.833. The summed E-state index contributed by atoms with van der Waals surface area (Å²) in [7, 11) is 3.18. The number of amides is 1.